The fourth-order valence-corrected chi connectivity index (χ4v) is 5.87. The first kappa shape index (κ1) is 27.6. The predicted molar refractivity (Wildman–Crippen MR) is 138 cm³/mol. The molecule has 4 aromatic heterocycles. The number of hydrogen-bond donors (Lipinski definition) is 0. The minimum Gasteiger partial charge on any atom is -0.481 e. The highest BCUT2D eigenvalue weighted by atomic mass is 35.5. The normalized spacial score (nSPS) is 14.3. The summed E-state index contributed by atoms with van der Waals surface area (Å²) in [6.07, 6.45) is 1.86. The van der Waals surface area contributed by atoms with E-state index in [-0.39, 0.29) is 11.6 Å². The standard InChI is InChI=1S/C24H28ClN7O5S/c1-13-21(15(3)37-31-13)14(2)32-19(29-30-24(32)18-8-7-9-20(28-18)35-5)12-38(33,34)16(4)22(36-6)23-26-10-17(25)11-27-23/h7-11,14,16,22H,12H2,1-6H3/t14-,16+,22+/m1/s1. The second kappa shape index (κ2) is 11.1. The SMILES string of the molecule is COc1cccc(-c2nnc(CS(=O)(=O)[C@@H](C)[C@H](OC)c3ncc(Cl)cn3)n2[C@H](C)c2c(C)noc2C)n1. The van der Waals surface area contributed by atoms with Gasteiger partial charge in [-0.05, 0) is 33.8 Å². The van der Waals surface area contributed by atoms with Crippen molar-refractivity contribution in [3.63, 3.8) is 0 Å². The molecule has 202 valence electrons. The monoisotopic (exact) mass is 561 g/mol. The number of sulfone groups is 1. The maximum atomic E-state index is 13.7. The van der Waals surface area contributed by atoms with Crippen LogP contribution in [0.15, 0.2) is 35.1 Å². The van der Waals surface area contributed by atoms with Gasteiger partial charge in [0.25, 0.3) is 0 Å². The molecule has 38 heavy (non-hydrogen) atoms. The summed E-state index contributed by atoms with van der Waals surface area (Å²) in [5.74, 6) is 1.37. The molecule has 12 nitrogen and oxygen atoms in total. The average molecular weight is 562 g/mol. The molecule has 0 radical (unpaired) electrons. The largest absolute Gasteiger partial charge is 0.481 e. The van der Waals surface area contributed by atoms with Crippen LogP contribution in [0, 0.1) is 13.8 Å². The summed E-state index contributed by atoms with van der Waals surface area (Å²) in [4.78, 5) is 12.8. The van der Waals surface area contributed by atoms with Gasteiger partial charge in [0, 0.05) is 31.1 Å². The Bertz CT molecular complexity index is 1500. The first-order chi connectivity index (χ1) is 18.1. The van der Waals surface area contributed by atoms with E-state index in [2.05, 4.69) is 30.3 Å². The molecule has 4 heterocycles. The van der Waals surface area contributed by atoms with Crippen molar-refractivity contribution in [3.8, 4) is 17.4 Å². The molecule has 0 aliphatic heterocycles. The molecular formula is C24H28ClN7O5S. The fraction of sp³-hybridized carbons (Fsp3) is 0.417. The van der Waals surface area contributed by atoms with Crippen molar-refractivity contribution in [3.05, 3.63) is 64.3 Å². The second-order valence-corrected chi connectivity index (χ2v) is 11.5. The zero-order valence-electron chi connectivity index (χ0n) is 21.8. The van der Waals surface area contributed by atoms with Gasteiger partial charge in [-0.3, -0.25) is 0 Å². The lowest BCUT2D eigenvalue weighted by atomic mass is 10.1. The summed E-state index contributed by atoms with van der Waals surface area (Å²) in [5.41, 5.74) is 1.94. The van der Waals surface area contributed by atoms with E-state index in [1.807, 2.05) is 13.8 Å². The van der Waals surface area contributed by atoms with Crippen LogP contribution in [-0.4, -0.2) is 62.8 Å². The summed E-state index contributed by atoms with van der Waals surface area (Å²) in [6.45, 7) is 7.07. The van der Waals surface area contributed by atoms with Crippen molar-refractivity contribution >= 4 is 21.4 Å². The van der Waals surface area contributed by atoms with Gasteiger partial charge in [0.1, 0.15) is 29.1 Å². The molecule has 4 rings (SSSR count). The van der Waals surface area contributed by atoms with Crippen LogP contribution in [0.3, 0.4) is 0 Å². The Kier molecular flexibility index (Phi) is 8.09. The number of halogens is 1. The van der Waals surface area contributed by atoms with E-state index in [1.54, 1.807) is 36.6 Å². The zero-order valence-corrected chi connectivity index (χ0v) is 23.4. The Balaban J connectivity index is 1.78. The van der Waals surface area contributed by atoms with E-state index < -0.39 is 33.0 Å². The van der Waals surface area contributed by atoms with Crippen molar-refractivity contribution in [2.45, 2.75) is 50.8 Å². The van der Waals surface area contributed by atoms with E-state index in [4.69, 9.17) is 25.6 Å². The highest BCUT2D eigenvalue weighted by Crippen LogP contribution is 2.32. The summed E-state index contributed by atoms with van der Waals surface area (Å²) in [7, 11) is -0.936. The average Bonchev–Trinajstić information content (AvgIpc) is 3.47. The molecule has 0 aliphatic rings. The molecular weight excluding hydrogens is 534 g/mol. The molecule has 0 bridgehead atoms. The third-order valence-electron chi connectivity index (χ3n) is 6.29. The minimum atomic E-state index is -3.86. The van der Waals surface area contributed by atoms with Crippen LogP contribution in [0.4, 0.5) is 0 Å². The third-order valence-corrected chi connectivity index (χ3v) is 8.53. The van der Waals surface area contributed by atoms with Gasteiger partial charge in [0.15, 0.2) is 21.5 Å². The van der Waals surface area contributed by atoms with Crippen LogP contribution < -0.4 is 4.74 Å². The smallest absolute Gasteiger partial charge is 0.213 e. The summed E-state index contributed by atoms with van der Waals surface area (Å²) < 4.78 is 45.2. The lowest BCUT2D eigenvalue weighted by Crippen LogP contribution is -2.30. The lowest BCUT2D eigenvalue weighted by molar-refractivity contribution is 0.0948. The Labute approximate surface area is 225 Å². The molecule has 3 atom stereocenters. The number of methoxy groups -OCH3 is 2. The molecule has 0 aromatic carbocycles. The topological polar surface area (TPSA) is 148 Å². The molecule has 0 N–H and O–H groups in total. The second-order valence-electron chi connectivity index (χ2n) is 8.72. The Morgan fingerprint density at radius 3 is 2.42 bits per heavy atom. The van der Waals surface area contributed by atoms with Gasteiger partial charge >= 0.3 is 0 Å². The first-order valence-corrected chi connectivity index (χ1v) is 13.8. The number of pyridine rings is 1. The molecule has 0 amide bonds. The highest BCUT2D eigenvalue weighted by Gasteiger charge is 2.35. The Morgan fingerprint density at radius 2 is 1.82 bits per heavy atom. The Morgan fingerprint density at radius 1 is 1.11 bits per heavy atom. The van der Waals surface area contributed by atoms with Gasteiger partial charge in [0.05, 0.1) is 29.1 Å². The molecule has 0 unspecified atom stereocenters. The van der Waals surface area contributed by atoms with Crippen molar-refractivity contribution in [1.29, 1.82) is 0 Å². The van der Waals surface area contributed by atoms with E-state index in [1.165, 1.54) is 26.6 Å². The van der Waals surface area contributed by atoms with Gasteiger partial charge in [-0.1, -0.05) is 22.8 Å². The van der Waals surface area contributed by atoms with Crippen LogP contribution in [0.25, 0.3) is 11.5 Å². The van der Waals surface area contributed by atoms with Gasteiger partial charge in [-0.2, -0.15) is 0 Å². The molecule has 0 aliphatic carbocycles. The maximum absolute atomic E-state index is 13.7. The van der Waals surface area contributed by atoms with E-state index in [0.717, 1.165) is 5.56 Å². The van der Waals surface area contributed by atoms with Crippen LogP contribution in [0.2, 0.25) is 5.02 Å². The number of rotatable bonds is 10. The van der Waals surface area contributed by atoms with Gasteiger partial charge in [-0.25, -0.2) is 23.4 Å². The van der Waals surface area contributed by atoms with E-state index in [0.29, 0.717) is 33.9 Å². The summed E-state index contributed by atoms with van der Waals surface area (Å²) >= 11 is 5.89. The zero-order chi connectivity index (χ0) is 27.6. The molecule has 4 aromatic rings. The molecule has 14 heteroatoms. The van der Waals surface area contributed by atoms with Gasteiger partial charge in [-0.15, -0.1) is 10.2 Å². The first-order valence-electron chi connectivity index (χ1n) is 11.7. The quantitative estimate of drug-likeness (QED) is 0.279. The molecule has 0 spiro atoms. The number of aromatic nitrogens is 7. The number of ether oxygens (including phenoxy) is 2. The fourth-order valence-electron chi connectivity index (χ4n) is 4.35. The summed E-state index contributed by atoms with van der Waals surface area (Å²) in [5, 5.41) is 12.0. The van der Waals surface area contributed by atoms with Crippen LogP contribution in [0.5, 0.6) is 5.88 Å². The summed E-state index contributed by atoms with van der Waals surface area (Å²) in [6, 6.07) is 4.81. The number of hydrogen-bond acceptors (Lipinski definition) is 11. The van der Waals surface area contributed by atoms with Crippen molar-refractivity contribution in [2.24, 2.45) is 0 Å². The predicted octanol–water partition coefficient (Wildman–Crippen LogP) is 3.70. The highest BCUT2D eigenvalue weighted by molar-refractivity contribution is 7.91. The van der Waals surface area contributed by atoms with Crippen molar-refractivity contribution in [2.75, 3.05) is 14.2 Å². The maximum Gasteiger partial charge on any atom is 0.213 e. The van der Waals surface area contributed by atoms with Crippen molar-refractivity contribution < 1.29 is 22.4 Å². The van der Waals surface area contributed by atoms with Crippen LogP contribution >= 0.6 is 11.6 Å². The van der Waals surface area contributed by atoms with Gasteiger partial charge in [0.2, 0.25) is 5.88 Å². The molecule has 0 fully saturated rings. The van der Waals surface area contributed by atoms with Gasteiger partial charge < -0.3 is 18.6 Å². The lowest BCUT2D eigenvalue weighted by Gasteiger charge is -2.23. The Hall–Kier alpha value is -3.42. The number of nitrogens with zero attached hydrogens (tertiary/aromatic N) is 7. The molecule has 0 saturated heterocycles. The number of aryl methyl sites for hydroxylation is 2. The van der Waals surface area contributed by atoms with E-state index in [9.17, 15) is 8.42 Å². The van der Waals surface area contributed by atoms with Crippen LogP contribution in [0.1, 0.15) is 54.7 Å². The van der Waals surface area contributed by atoms with Crippen LogP contribution in [-0.2, 0) is 20.3 Å². The van der Waals surface area contributed by atoms with Crippen molar-refractivity contribution in [1.82, 2.24) is 34.9 Å². The molecule has 0 saturated carbocycles. The third kappa shape index (κ3) is 5.40. The minimum absolute atomic E-state index is 0.208. The van der Waals surface area contributed by atoms with E-state index >= 15 is 0 Å².